The normalized spacial score (nSPS) is 13.3. The molecule has 0 bridgehead atoms. The van der Waals surface area contributed by atoms with Gasteiger partial charge in [-0.2, -0.15) is 0 Å². The SMILES string of the molecule is Brc1ccc2c(c1)C(c1ccccc1)(c1ccccc1)c1cc(Br)ccc1-2.Brc1ccc2c(c1)Cc1cc(Br)ccc1-2. The van der Waals surface area contributed by atoms with Crippen molar-refractivity contribution in [3.63, 3.8) is 0 Å². The van der Waals surface area contributed by atoms with E-state index in [4.69, 9.17) is 0 Å². The summed E-state index contributed by atoms with van der Waals surface area (Å²) in [7, 11) is 0. The molecule has 0 nitrogen and oxygen atoms in total. The molecule has 42 heavy (non-hydrogen) atoms. The Hall–Kier alpha value is -2.76. The van der Waals surface area contributed by atoms with E-state index in [2.05, 4.69) is 197 Å². The van der Waals surface area contributed by atoms with Gasteiger partial charge < -0.3 is 0 Å². The van der Waals surface area contributed by atoms with Gasteiger partial charge in [-0.3, -0.25) is 0 Å². The van der Waals surface area contributed by atoms with Gasteiger partial charge in [0.1, 0.15) is 0 Å². The average molecular weight is 800 g/mol. The monoisotopic (exact) mass is 796 g/mol. The van der Waals surface area contributed by atoms with Crippen molar-refractivity contribution in [1.29, 1.82) is 0 Å². The number of halogens is 4. The Balaban J connectivity index is 0.000000162. The largest absolute Gasteiger partial charge is 0.0714 e. The summed E-state index contributed by atoms with van der Waals surface area (Å²) >= 11 is 14.5. The second-order valence-corrected chi connectivity index (χ2v) is 14.3. The molecule has 0 atom stereocenters. The highest BCUT2D eigenvalue weighted by atomic mass is 79.9. The van der Waals surface area contributed by atoms with E-state index in [1.54, 1.807) is 0 Å². The lowest BCUT2D eigenvalue weighted by molar-refractivity contribution is 0.767. The van der Waals surface area contributed by atoms with Crippen molar-refractivity contribution in [3.8, 4) is 22.3 Å². The second kappa shape index (κ2) is 11.4. The maximum atomic E-state index is 3.71. The Morgan fingerprint density at radius 2 is 0.738 bits per heavy atom. The van der Waals surface area contributed by atoms with Gasteiger partial charge in [-0.25, -0.2) is 0 Å². The first-order valence-corrected chi connectivity index (χ1v) is 16.9. The third kappa shape index (κ3) is 4.77. The molecule has 0 fully saturated rings. The average Bonchev–Trinajstić information content (AvgIpc) is 3.49. The predicted molar refractivity (Wildman–Crippen MR) is 189 cm³/mol. The highest BCUT2D eigenvalue weighted by Gasteiger charge is 2.46. The van der Waals surface area contributed by atoms with E-state index in [1.165, 1.54) is 55.6 Å². The van der Waals surface area contributed by atoms with Crippen LogP contribution >= 0.6 is 63.7 Å². The zero-order valence-electron chi connectivity index (χ0n) is 22.4. The molecule has 0 N–H and O–H groups in total. The van der Waals surface area contributed by atoms with Gasteiger partial charge in [-0.1, -0.05) is 149 Å². The highest BCUT2D eigenvalue weighted by molar-refractivity contribution is 9.11. The molecule has 0 saturated carbocycles. The molecule has 2 aliphatic carbocycles. The summed E-state index contributed by atoms with van der Waals surface area (Å²) in [6, 6.07) is 48.0. The quantitative estimate of drug-likeness (QED) is 0.163. The molecule has 0 spiro atoms. The van der Waals surface area contributed by atoms with E-state index in [1.807, 2.05) is 0 Å². The number of benzene rings is 6. The first-order chi connectivity index (χ1) is 20.4. The van der Waals surface area contributed by atoms with Gasteiger partial charge in [-0.15, -0.1) is 0 Å². The highest BCUT2D eigenvalue weighted by Crippen LogP contribution is 2.57. The fourth-order valence-corrected chi connectivity index (χ4v) is 8.12. The molecular weight excluding hydrogens is 776 g/mol. The third-order valence-corrected chi connectivity index (χ3v) is 10.3. The van der Waals surface area contributed by atoms with Crippen LogP contribution < -0.4 is 0 Å². The van der Waals surface area contributed by atoms with Crippen LogP contribution in [0.3, 0.4) is 0 Å². The van der Waals surface area contributed by atoms with Crippen molar-refractivity contribution in [3.05, 3.63) is 185 Å². The molecule has 0 aromatic heterocycles. The van der Waals surface area contributed by atoms with Crippen LogP contribution in [-0.2, 0) is 11.8 Å². The topological polar surface area (TPSA) is 0 Å². The van der Waals surface area contributed by atoms with Gasteiger partial charge in [0, 0.05) is 17.9 Å². The van der Waals surface area contributed by atoms with Gasteiger partial charge in [-0.05, 0) is 111 Å². The van der Waals surface area contributed by atoms with Gasteiger partial charge >= 0.3 is 0 Å². The summed E-state index contributed by atoms with van der Waals surface area (Å²) in [5.41, 5.74) is 13.1. The van der Waals surface area contributed by atoms with Crippen molar-refractivity contribution < 1.29 is 0 Å². The molecule has 6 aromatic carbocycles. The molecular formula is C38H24Br4. The molecule has 0 amide bonds. The van der Waals surface area contributed by atoms with Crippen molar-refractivity contribution in [2.45, 2.75) is 11.8 Å². The summed E-state index contributed by atoms with van der Waals surface area (Å²) in [5, 5.41) is 0. The smallest absolute Gasteiger partial charge is 0.0622 e. The Morgan fingerprint density at radius 3 is 1.14 bits per heavy atom. The first-order valence-electron chi connectivity index (χ1n) is 13.7. The van der Waals surface area contributed by atoms with Crippen molar-refractivity contribution >= 4 is 63.7 Å². The van der Waals surface area contributed by atoms with E-state index >= 15 is 0 Å². The van der Waals surface area contributed by atoms with Gasteiger partial charge in [0.25, 0.3) is 0 Å². The minimum absolute atomic E-state index is 0.333. The molecule has 8 rings (SSSR count). The Labute approximate surface area is 280 Å². The van der Waals surface area contributed by atoms with Crippen LogP contribution in [0.1, 0.15) is 33.4 Å². The van der Waals surface area contributed by atoms with Crippen LogP contribution in [-0.4, -0.2) is 0 Å². The zero-order valence-corrected chi connectivity index (χ0v) is 28.8. The molecule has 0 heterocycles. The minimum atomic E-state index is -0.333. The Bertz CT molecular complexity index is 1800. The summed E-state index contributed by atoms with van der Waals surface area (Å²) in [4.78, 5) is 0. The van der Waals surface area contributed by atoms with Crippen LogP contribution in [0.4, 0.5) is 0 Å². The molecule has 204 valence electrons. The lowest BCUT2D eigenvalue weighted by Crippen LogP contribution is -2.28. The van der Waals surface area contributed by atoms with Crippen molar-refractivity contribution in [2.75, 3.05) is 0 Å². The lowest BCUT2D eigenvalue weighted by atomic mass is 9.68. The van der Waals surface area contributed by atoms with E-state index < -0.39 is 0 Å². The van der Waals surface area contributed by atoms with Crippen molar-refractivity contribution in [1.82, 2.24) is 0 Å². The van der Waals surface area contributed by atoms with E-state index in [9.17, 15) is 0 Å². The number of hydrogen-bond acceptors (Lipinski definition) is 0. The molecule has 2 aliphatic rings. The molecule has 6 aromatic rings. The van der Waals surface area contributed by atoms with E-state index in [0.717, 1.165) is 24.3 Å². The summed E-state index contributed by atoms with van der Waals surface area (Å²) in [6.07, 6.45) is 1.05. The maximum Gasteiger partial charge on any atom is 0.0714 e. The van der Waals surface area contributed by atoms with E-state index in [-0.39, 0.29) is 5.41 Å². The van der Waals surface area contributed by atoms with Gasteiger partial charge in [0.2, 0.25) is 0 Å². The van der Waals surface area contributed by atoms with Crippen LogP contribution in [0.25, 0.3) is 22.3 Å². The second-order valence-electron chi connectivity index (χ2n) is 10.6. The third-order valence-electron chi connectivity index (χ3n) is 8.28. The van der Waals surface area contributed by atoms with Gasteiger partial charge in [0.15, 0.2) is 0 Å². The van der Waals surface area contributed by atoms with Gasteiger partial charge in [0.05, 0.1) is 5.41 Å². The molecule has 0 radical (unpaired) electrons. The molecule has 0 saturated heterocycles. The standard InChI is InChI=1S/C25H16Br2.C13H8Br2/c26-19-11-13-21-22-14-12-20(27)16-24(22)25(23(21)15-19,17-7-3-1-4-8-17)18-9-5-2-6-10-18;14-10-1-3-12-8(6-10)5-9-7-11(15)2-4-13(9)12/h1-16H;1-4,6-7H,5H2. The zero-order chi connectivity index (χ0) is 28.8. The molecule has 0 aliphatic heterocycles. The fourth-order valence-electron chi connectivity index (χ4n) is 6.58. The number of rotatable bonds is 2. The predicted octanol–water partition coefficient (Wildman–Crippen LogP) is 12.4. The van der Waals surface area contributed by atoms with Crippen LogP contribution in [0, 0.1) is 0 Å². The summed E-state index contributed by atoms with van der Waals surface area (Å²) < 4.78 is 4.52. The summed E-state index contributed by atoms with van der Waals surface area (Å²) in [6.45, 7) is 0. The number of fused-ring (bicyclic) bond motifs is 6. The first kappa shape index (κ1) is 28.0. The van der Waals surface area contributed by atoms with Crippen LogP contribution in [0.5, 0.6) is 0 Å². The fraction of sp³-hybridized carbons (Fsp3) is 0.0526. The van der Waals surface area contributed by atoms with Crippen molar-refractivity contribution in [2.24, 2.45) is 0 Å². The van der Waals surface area contributed by atoms with Crippen LogP contribution in [0.15, 0.2) is 151 Å². The lowest BCUT2D eigenvalue weighted by Gasteiger charge is -2.34. The molecule has 0 unspecified atom stereocenters. The maximum absolute atomic E-state index is 3.71. The minimum Gasteiger partial charge on any atom is -0.0622 e. The summed E-state index contributed by atoms with van der Waals surface area (Å²) in [5.74, 6) is 0. The number of hydrogen-bond donors (Lipinski definition) is 0. The van der Waals surface area contributed by atoms with Crippen LogP contribution in [0.2, 0.25) is 0 Å². The molecule has 4 heteroatoms. The Kier molecular flexibility index (Phi) is 7.60. The van der Waals surface area contributed by atoms with E-state index in [0.29, 0.717) is 0 Å². The Morgan fingerprint density at radius 1 is 0.381 bits per heavy atom.